The molecular weight excluding hydrogens is 306 g/mol. The molecule has 6 heteroatoms. The minimum atomic E-state index is -0.341. The summed E-state index contributed by atoms with van der Waals surface area (Å²) in [5, 5.41) is 14.3. The normalized spacial score (nSPS) is 26.1. The summed E-state index contributed by atoms with van der Waals surface area (Å²) in [4.78, 5) is 6.94. The van der Waals surface area contributed by atoms with Gasteiger partial charge in [0.1, 0.15) is 0 Å². The van der Waals surface area contributed by atoms with Gasteiger partial charge in [0.15, 0.2) is 0 Å². The Bertz CT molecular complexity index is 696. The van der Waals surface area contributed by atoms with Crippen LogP contribution in [0.15, 0.2) is 28.8 Å². The van der Waals surface area contributed by atoms with Crippen LogP contribution >= 0.6 is 0 Å². The Labute approximate surface area is 141 Å². The van der Waals surface area contributed by atoms with Crippen molar-refractivity contribution in [3.05, 3.63) is 35.7 Å². The predicted molar refractivity (Wildman–Crippen MR) is 88.4 cm³/mol. The first-order valence-electron chi connectivity index (χ1n) is 8.63. The van der Waals surface area contributed by atoms with Crippen molar-refractivity contribution in [2.75, 3.05) is 19.8 Å². The summed E-state index contributed by atoms with van der Waals surface area (Å²) in [5.74, 6) is 1.22. The Kier molecular flexibility index (Phi) is 4.35. The van der Waals surface area contributed by atoms with Crippen LogP contribution in [0.2, 0.25) is 0 Å². The van der Waals surface area contributed by atoms with Gasteiger partial charge in [-0.05, 0) is 32.3 Å². The van der Waals surface area contributed by atoms with E-state index in [0.717, 1.165) is 31.6 Å². The van der Waals surface area contributed by atoms with Crippen molar-refractivity contribution < 1.29 is 14.4 Å². The highest BCUT2D eigenvalue weighted by Gasteiger charge is 2.40. The minimum Gasteiger partial charge on any atom is -0.392 e. The number of hydrogen-bond donors (Lipinski definition) is 1. The van der Waals surface area contributed by atoms with Gasteiger partial charge in [-0.1, -0.05) is 28.9 Å². The fraction of sp³-hybridized carbons (Fsp3) is 0.556. The highest BCUT2D eigenvalue weighted by molar-refractivity contribution is 5.55. The average Bonchev–Trinajstić information content (AvgIpc) is 3.22. The molecule has 0 amide bonds. The summed E-state index contributed by atoms with van der Waals surface area (Å²) in [5.41, 5.74) is 2.13. The number of aromatic nitrogens is 2. The van der Waals surface area contributed by atoms with Crippen LogP contribution in [0.25, 0.3) is 11.4 Å². The van der Waals surface area contributed by atoms with Crippen molar-refractivity contribution in [3.63, 3.8) is 0 Å². The minimum absolute atomic E-state index is 0.00541. The third-order valence-corrected chi connectivity index (χ3v) is 4.98. The lowest BCUT2D eigenvalue weighted by Gasteiger charge is -2.33. The van der Waals surface area contributed by atoms with Gasteiger partial charge in [0.2, 0.25) is 11.7 Å². The molecule has 3 heterocycles. The zero-order valence-electron chi connectivity index (χ0n) is 13.9. The van der Waals surface area contributed by atoms with Crippen LogP contribution in [0.3, 0.4) is 0 Å². The number of benzene rings is 1. The van der Waals surface area contributed by atoms with Gasteiger partial charge in [-0.2, -0.15) is 4.98 Å². The van der Waals surface area contributed by atoms with E-state index in [9.17, 15) is 5.11 Å². The topological polar surface area (TPSA) is 71.6 Å². The van der Waals surface area contributed by atoms with E-state index < -0.39 is 0 Å². The largest absolute Gasteiger partial charge is 0.392 e. The molecule has 2 fully saturated rings. The maximum atomic E-state index is 10.2. The summed E-state index contributed by atoms with van der Waals surface area (Å²) in [6.07, 6.45) is 2.28. The first kappa shape index (κ1) is 15.7. The van der Waals surface area contributed by atoms with Crippen molar-refractivity contribution in [2.45, 2.75) is 44.4 Å². The predicted octanol–water partition coefficient (Wildman–Crippen LogP) is 2.33. The van der Waals surface area contributed by atoms with Crippen LogP contribution in [0.5, 0.6) is 0 Å². The van der Waals surface area contributed by atoms with Gasteiger partial charge in [0, 0.05) is 31.4 Å². The smallest absolute Gasteiger partial charge is 0.244 e. The molecule has 2 saturated heterocycles. The second kappa shape index (κ2) is 6.63. The highest BCUT2D eigenvalue weighted by Crippen LogP contribution is 2.36. The number of aryl methyl sites for hydroxylation is 1. The quantitative estimate of drug-likeness (QED) is 0.932. The first-order chi connectivity index (χ1) is 11.7. The second-order valence-electron chi connectivity index (χ2n) is 6.77. The molecule has 6 nitrogen and oxygen atoms in total. The van der Waals surface area contributed by atoms with Crippen LogP contribution in [0, 0.1) is 6.92 Å². The first-order valence-corrected chi connectivity index (χ1v) is 8.63. The zero-order chi connectivity index (χ0) is 16.5. The van der Waals surface area contributed by atoms with E-state index in [4.69, 9.17) is 9.26 Å². The maximum Gasteiger partial charge on any atom is 0.244 e. The Morgan fingerprint density at radius 1 is 1.25 bits per heavy atom. The van der Waals surface area contributed by atoms with E-state index in [-0.39, 0.29) is 12.1 Å². The summed E-state index contributed by atoms with van der Waals surface area (Å²) in [6.45, 7) is 4.27. The SMILES string of the molecule is Cc1cccc(-c2noc([C@@H]3C[C@@H](O)CN3C3CCOCC3)n2)c1. The standard InChI is InChI=1S/C18H23N3O3/c1-12-3-2-4-13(9-12)17-19-18(24-20-17)16-10-15(22)11-21(16)14-5-7-23-8-6-14/h2-4,9,14-16,22H,5-8,10-11H2,1H3/t15-,16+/m1/s1. The number of nitrogens with zero attached hydrogens (tertiary/aromatic N) is 3. The lowest BCUT2D eigenvalue weighted by atomic mass is 10.1. The summed E-state index contributed by atoms with van der Waals surface area (Å²) < 4.78 is 11.0. The van der Waals surface area contributed by atoms with Crippen molar-refractivity contribution in [1.82, 2.24) is 15.0 Å². The van der Waals surface area contributed by atoms with Crippen LogP contribution in [-0.4, -0.2) is 52.1 Å². The molecule has 0 radical (unpaired) electrons. The summed E-state index contributed by atoms with van der Waals surface area (Å²) >= 11 is 0. The van der Waals surface area contributed by atoms with Gasteiger partial charge in [-0.15, -0.1) is 0 Å². The molecule has 0 aliphatic carbocycles. The molecule has 0 spiro atoms. The Morgan fingerprint density at radius 2 is 2.08 bits per heavy atom. The monoisotopic (exact) mass is 329 g/mol. The van der Waals surface area contributed by atoms with Gasteiger partial charge in [0.05, 0.1) is 12.1 Å². The molecule has 4 rings (SSSR count). The number of rotatable bonds is 3. The third-order valence-electron chi connectivity index (χ3n) is 4.98. The summed E-state index contributed by atoms with van der Waals surface area (Å²) in [6, 6.07) is 8.49. The molecule has 1 aromatic carbocycles. The molecule has 0 bridgehead atoms. The number of likely N-dealkylation sites (tertiary alicyclic amines) is 1. The number of aliphatic hydroxyl groups excluding tert-OH is 1. The van der Waals surface area contributed by atoms with E-state index in [1.807, 2.05) is 31.2 Å². The lowest BCUT2D eigenvalue weighted by Crippen LogP contribution is -2.39. The molecular formula is C18H23N3O3. The zero-order valence-corrected chi connectivity index (χ0v) is 13.9. The molecule has 1 N–H and O–H groups in total. The molecule has 0 unspecified atom stereocenters. The van der Waals surface area contributed by atoms with E-state index in [0.29, 0.717) is 30.7 Å². The molecule has 0 saturated carbocycles. The molecule has 2 aliphatic rings. The fourth-order valence-corrected chi connectivity index (χ4v) is 3.77. The van der Waals surface area contributed by atoms with Gasteiger partial charge in [-0.3, -0.25) is 4.90 Å². The molecule has 128 valence electrons. The van der Waals surface area contributed by atoms with Crippen molar-refractivity contribution in [3.8, 4) is 11.4 Å². The van der Waals surface area contributed by atoms with Crippen molar-refractivity contribution in [1.29, 1.82) is 0 Å². The number of β-amino-alcohol motifs (C(OH)–C–C–N with tert-alkyl or cyclic N) is 1. The van der Waals surface area contributed by atoms with Crippen molar-refractivity contribution in [2.24, 2.45) is 0 Å². The van der Waals surface area contributed by atoms with Crippen LogP contribution in [0.1, 0.15) is 36.8 Å². The lowest BCUT2D eigenvalue weighted by molar-refractivity contribution is 0.0215. The average molecular weight is 329 g/mol. The van der Waals surface area contributed by atoms with Crippen molar-refractivity contribution >= 4 is 0 Å². The van der Waals surface area contributed by atoms with Gasteiger partial charge in [0.25, 0.3) is 0 Å². The summed E-state index contributed by atoms with van der Waals surface area (Å²) in [7, 11) is 0. The Balaban J connectivity index is 1.58. The Morgan fingerprint density at radius 3 is 2.88 bits per heavy atom. The molecule has 2 atom stereocenters. The second-order valence-corrected chi connectivity index (χ2v) is 6.77. The van der Waals surface area contributed by atoms with Gasteiger partial charge >= 0.3 is 0 Å². The van der Waals surface area contributed by atoms with E-state index in [1.165, 1.54) is 5.56 Å². The third kappa shape index (κ3) is 3.09. The van der Waals surface area contributed by atoms with Crippen LogP contribution in [-0.2, 0) is 4.74 Å². The van der Waals surface area contributed by atoms with E-state index in [1.54, 1.807) is 0 Å². The Hall–Kier alpha value is -1.76. The molecule has 1 aromatic heterocycles. The van der Waals surface area contributed by atoms with Gasteiger partial charge in [-0.25, -0.2) is 0 Å². The molecule has 2 aromatic rings. The highest BCUT2D eigenvalue weighted by atomic mass is 16.5. The molecule has 2 aliphatic heterocycles. The van der Waals surface area contributed by atoms with Crippen LogP contribution in [0.4, 0.5) is 0 Å². The number of aliphatic hydroxyl groups is 1. The van der Waals surface area contributed by atoms with E-state index >= 15 is 0 Å². The number of ether oxygens (including phenoxy) is 1. The van der Waals surface area contributed by atoms with E-state index in [2.05, 4.69) is 15.0 Å². The molecule has 24 heavy (non-hydrogen) atoms. The fourth-order valence-electron chi connectivity index (χ4n) is 3.77. The maximum absolute atomic E-state index is 10.2. The van der Waals surface area contributed by atoms with Gasteiger partial charge < -0.3 is 14.4 Å². The number of hydrogen-bond acceptors (Lipinski definition) is 6. The van der Waals surface area contributed by atoms with Crippen LogP contribution < -0.4 is 0 Å².